The van der Waals surface area contributed by atoms with Gasteiger partial charge in [-0.25, -0.2) is 8.42 Å². The van der Waals surface area contributed by atoms with Gasteiger partial charge in [0, 0.05) is 51.1 Å². The Bertz CT molecular complexity index is 354. The molecule has 0 amide bonds. The van der Waals surface area contributed by atoms with E-state index >= 15 is 0 Å². The third-order valence-corrected chi connectivity index (χ3v) is 4.60. The molecule has 0 atom stereocenters. The average molecular weight is 277 g/mol. The van der Waals surface area contributed by atoms with Crippen molar-refractivity contribution in [2.75, 3.05) is 58.3 Å². The van der Waals surface area contributed by atoms with Gasteiger partial charge in [0.25, 0.3) is 0 Å². The van der Waals surface area contributed by atoms with E-state index < -0.39 is 9.84 Å². The fraction of sp³-hybridized carbons (Fsp3) is 1.00. The lowest BCUT2D eigenvalue weighted by Gasteiger charge is -2.45. The molecule has 0 aromatic heterocycles. The van der Waals surface area contributed by atoms with Crippen molar-refractivity contribution in [2.45, 2.75) is 19.4 Å². The molecule has 0 unspecified atom stereocenters. The largest absolute Gasteiger partial charge is 0.314 e. The van der Waals surface area contributed by atoms with Gasteiger partial charge in [0.05, 0.1) is 5.75 Å². The quantitative estimate of drug-likeness (QED) is 0.673. The molecule has 0 aromatic carbocycles. The van der Waals surface area contributed by atoms with Crippen LogP contribution in [0.5, 0.6) is 0 Å². The predicted molar refractivity (Wildman–Crippen MR) is 75.7 cm³/mol. The smallest absolute Gasteiger partial charge is 0.148 e. The Labute approximate surface area is 111 Å². The molecule has 5 nitrogen and oxygen atoms in total. The first-order valence-corrected chi connectivity index (χ1v) is 8.59. The fourth-order valence-electron chi connectivity index (χ4n) is 2.15. The third kappa shape index (κ3) is 5.65. The molecule has 0 radical (unpaired) electrons. The van der Waals surface area contributed by atoms with Gasteiger partial charge in [-0.15, -0.1) is 0 Å². The molecule has 0 aromatic rings. The molecule has 0 aliphatic carbocycles. The first kappa shape index (κ1) is 15.9. The van der Waals surface area contributed by atoms with Crippen LogP contribution in [0.1, 0.15) is 13.8 Å². The molecule has 1 heterocycles. The van der Waals surface area contributed by atoms with E-state index in [0.717, 1.165) is 32.7 Å². The third-order valence-electron chi connectivity index (χ3n) is 3.65. The van der Waals surface area contributed by atoms with E-state index in [9.17, 15) is 8.42 Å². The molecule has 0 bridgehead atoms. The van der Waals surface area contributed by atoms with E-state index in [1.807, 2.05) is 0 Å². The van der Waals surface area contributed by atoms with Crippen LogP contribution in [0, 0.1) is 0 Å². The van der Waals surface area contributed by atoms with Gasteiger partial charge < -0.3 is 5.32 Å². The van der Waals surface area contributed by atoms with Crippen molar-refractivity contribution in [3.8, 4) is 0 Å². The molecule has 6 heteroatoms. The monoisotopic (exact) mass is 277 g/mol. The van der Waals surface area contributed by atoms with E-state index in [1.54, 1.807) is 0 Å². The summed E-state index contributed by atoms with van der Waals surface area (Å²) in [6, 6.07) is 0. The van der Waals surface area contributed by atoms with Gasteiger partial charge in [0.2, 0.25) is 0 Å². The average Bonchev–Trinajstić information content (AvgIpc) is 2.21. The molecule has 1 aliphatic rings. The lowest BCUT2D eigenvalue weighted by atomic mass is 10.00. The molecule has 0 saturated carbocycles. The Kier molecular flexibility index (Phi) is 5.58. The predicted octanol–water partition coefficient (Wildman–Crippen LogP) is -0.353. The molecule has 1 aliphatic heterocycles. The highest BCUT2D eigenvalue weighted by atomic mass is 32.2. The van der Waals surface area contributed by atoms with E-state index in [0.29, 0.717) is 6.54 Å². The molecular weight excluding hydrogens is 250 g/mol. The van der Waals surface area contributed by atoms with Gasteiger partial charge in [-0.2, -0.15) is 0 Å². The zero-order valence-electron chi connectivity index (χ0n) is 12.1. The number of rotatable bonds is 6. The van der Waals surface area contributed by atoms with Crippen molar-refractivity contribution < 1.29 is 8.42 Å². The van der Waals surface area contributed by atoms with Crippen molar-refractivity contribution in [1.82, 2.24) is 15.1 Å². The van der Waals surface area contributed by atoms with Crippen molar-refractivity contribution in [3.05, 3.63) is 0 Å². The maximum atomic E-state index is 11.0. The zero-order valence-corrected chi connectivity index (χ0v) is 12.9. The second kappa shape index (κ2) is 6.32. The highest BCUT2D eigenvalue weighted by molar-refractivity contribution is 7.90. The standard InChI is InChI=1S/C12H27N3O2S/c1-12(2)11-15(9-8-14(12)3)7-5-13-6-10-18(4,16)17/h13H,5-11H2,1-4H3. The Balaban J connectivity index is 2.17. The normalized spacial score (nSPS) is 22.2. The first-order valence-electron chi connectivity index (χ1n) is 6.53. The number of hydrogen-bond acceptors (Lipinski definition) is 5. The molecule has 1 N–H and O–H groups in total. The summed E-state index contributed by atoms with van der Waals surface area (Å²) in [5.74, 6) is 0.223. The summed E-state index contributed by atoms with van der Waals surface area (Å²) in [6.45, 7) is 10.2. The van der Waals surface area contributed by atoms with Gasteiger partial charge in [-0.1, -0.05) is 0 Å². The van der Waals surface area contributed by atoms with Crippen LogP contribution in [0.3, 0.4) is 0 Å². The topological polar surface area (TPSA) is 52.6 Å². The number of sulfone groups is 1. The molecule has 1 fully saturated rings. The summed E-state index contributed by atoms with van der Waals surface area (Å²) < 4.78 is 21.9. The van der Waals surface area contributed by atoms with Gasteiger partial charge in [0.15, 0.2) is 0 Å². The zero-order chi connectivity index (χ0) is 13.8. The Morgan fingerprint density at radius 1 is 1.22 bits per heavy atom. The number of piperazine rings is 1. The maximum Gasteiger partial charge on any atom is 0.148 e. The van der Waals surface area contributed by atoms with Crippen molar-refractivity contribution >= 4 is 9.84 Å². The summed E-state index contributed by atoms with van der Waals surface area (Å²) in [4.78, 5) is 4.83. The molecule has 0 spiro atoms. The fourth-order valence-corrected chi connectivity index (χ4v) is 2.67. The Morgan fingerprint density at radius 3 is 2.44 bits per heavy atom. The van der Waals surface area contributed by atoms with Crippen LogP contribution in [0.2, 0.25) is 0 Å². The minimum Gasteiger partial charge on any atom is -0.314 e. The van der Waals surface area contributed by atoms with Crippen molar-refractivity contribution in [3.63, 3.8) is 0 Å². The molecule has 1 rings (SSSR count). The van der Waals surface area contributed by atoms with Crippen LogP contribution in [-0.2, 0) is 9.84 Å². The van der Waals surface area contributed by atoms with Crippen LogP contribution < -0.4 is 5.32 Å². The van der Waals surface area contributed by atoms with Crippen LogP contribution >= 0.6 is 0 Å². The second-order valence-corrected chi connectivity index (χ2v) is 8.15. The van der Waals surface area contributed by atoms with Crippen LogP contribution in [0.15, 0.2) is 0 Å². The molecular formula is C12H27N3O2S. The van der Waals surface area contributed by atoms with Crippen molar-refractivity contribution in [1.29, 1.82) is 0 Å². The molecule has 18 heavy (non-hydrogen) atoms. The molecule has 108 valence electrons. The van der Waals surface area contributed by atoms with Crippen LogP contribution in [0.25, 0.3) is 0 Å². The number of nitrogens with one attached hydrogen (secondary N) is 1. The Morgan fingerprint density at radius 2 is 1.89 bits per heavy atom. The minimum absolute atomic E-state index is 0.223. The minimum atomic E-state index is -2.84. The van der Waals surface area contributed by atoms with Gasteiger partial charge >= 0.3 is 0 Å². The summed E-state index contributed by atoms with van der Waals surface area (Å²) in [6.07, 6.45) is 1.28. The van der Waals surface area contributed by atoms with E-state index in [-0.39, 0.29) is 11.3 Å². The molecule has 1 saturated heterocycles. The highest BCUT2D eigenvalue weighted by Gasteiger charge is 2.30. The van der Waals surface area contributed by atoms with E-state index in [1.165, 1.54) is 6.26 Å². The number of hydrogen-bond donors (Lipinski definition) is 1. The van der Waals surface area contributed by atoms with Crippen LogP contribution in [-0.4, -0.2) is 82.1 Å². The summed E-state index contributed by atoms with van der Waals surface area (Å²) >= 11 is 0. The number of likely N-dealkylation sites (N-methyl/N-ethyl adjacent to an activating group) is 1. The lowest BCUT2D eigenvalue weighted by molar-refractivity contribution is 0.0408. The van der Waals surface area contributed by atoms with Crippen LogP contribution in [0.4, 0.5) is 0 Å². The van der Waals surface area contributed by atoms with Gasteiger partial charge in [-0.05, 0) is 20.9 Å². The van der Waals surface area contributed by atoms with Gasteiger partial charge in [-0.3, -0.25) is 9.80 Å². The number of nitrogens with zero attached hydrogens (tertiary/aromatic N) is 2. The van der Waals surface area contributed by atoms with E-state index in [4.69, 9.17) is 0 Å². The first-order chi connectivity index (χ1) is 8.21. The maximum absolute atomic E-state index is 11.0. The summed E-state index contributed by atoms with van der Waals surface area (Å²) in [5.41, 5.74) is 0.227. The highest BCUT2D eigenvalue weighted by Crippen LogP contribution is 2.18. The SMILES string of the molecule is CN1CCN(CCNCCS(C)(=O)=O)CC1(C)C. The Hall–Kier alpha value is -0.170. The van der Waals surface area contributed by atoms with E-state index in [2.05, 4.69) is 36.0 Å². The summed E-state index contributed by atoms with van der Waals surface area (Å²) in [7, 11) is -0.670. The second-order valence-electron chi connectivity index (χ2n) is 5.89. The lowest BCUT2D eigenvalue weighted by Crippen LogP contribution is -2.58. The van der Waals surface area contributed by atoms with Crippen molar-refractivity contribution in [2.24, 2.45) is 0 Å². The van der Waals surface area contributed by atoms with Gasteiger partial charge in [0.1, 0.15) is 9.84 Å². The summed E-state index contributed by atoms with van der Waals surface area (Å²) in [5, 5.41) is 3.19.